The number of aryl methyl sites for hydroxylation is 1. The third-order valence-corrected chi connectivity index (χ3v) is 4.26. The second kappa shape index (κ2) is 5.54. The van der Waals surface area contributed by atoms with Crippen LogP contribution in [0.25, 0.3) is 0 Å². The van der Waals surface area contributed by atoms with Crippen molar-refractivity contribution < 1.29 is 4.74 Å². The number of benzene rings is 1. The Morgan fingerprint density at radius 2 is 2.00 bits per heavy atom. The summed E-state index contributed by atoms with van der Waals surface area (Å²) in [5.41, 5.74) is 9.65. The fraction of sp³-hybridized carbons (Fsp3) is 0.438. The third kappa shape index (κ3) is 3.02. The Balaban J connectivity index is 2.29. The molecule has 1 aromatic carbocycles. The number of thiazole rings is 1. The number of aromatic nitrogens is 1. The van der Waals surface area contributed by atoms with Crippen LogP contribution in [-0.4, -0.2) is 12.1 Å². The first-order chi connectivity index (χ1) is 9.32. The second-order valence-electron chi connectivity index (χ2n) is 6.03. The molecule has 2 aromatic rings. The minimum Gasteiger partial charge on any atom is -0.496 e. The van der Waals surface area contributed by atoms with Gasteiger partial charge in [-0.3, -0.25) is 0 Å². The smallest absolute Gasteiger partial charge is 0.121 e. The fourth-order valence-corrected chi connectivity index (χ4v) is 3.08. The number of rotatable bonds is 3. The Hall–Kier alpha value is -1.39. The molecule has 2 N–H and O–H groups in total. The predicted molar refractivity (Wildman–Crippen MR) is 84.6 cm³/mol. The number of hydrogen-bond acceptors (Lipinski definition) is 4. The van der Waals surface area contributed by atoms with Crippen LogP contribution in [0.3, 0.4) is 0 Å². The maximum Gasteiger partial charge on any atom is 0.121 e. The van der Waals surface area contributed by atoms with Crippen molar-refractivity contribution in [1.29, 1.82) is 0 Å². The molecule has 1 atom stereocenters. The zero-order valence-corrected chi connectivity index (χ0v) is 13.5. The average Bonchev–Trinajstić information content (AvgIpc) is 2.87. The summed E-state index contributed by atoms with van der Waals surface area (Å²) in [7, 11) is 1.68. The molecule has 0 saturated heterocycles. The standard InChI is InChI=1S/C16H22N2OS/c1-10-8-11(6-7-12(10)19-5)14(17)15-18-13(9-20-15)16(2,3)4/h6-9,14H,17H2,1-5H3. The lowest BCUT2D eigenvalue weighted by Gasteiger charge is -2.15. The Kier molecular flexibility index (Phi) is 4.16. The van der Waals surface area contributed by atoms with E-state index in [1.54, 1.807) is 18.4 Å². The molecule has 0 fully saturated rings. The van der Waals surface area contributed by atoms with Gasteiger partial charge < -0.3 is 10.5 Å². The molecule has 1 unspecified atom stereocenters. The normalized spacial score (nSPS) is 13.3. The topological polar surface area (TPSA) is 48.1 Å². The van der Waals surface area contributed by atoms with E-state index in [2.05, 4.69) is 32.2 Å². The van der Waals surface area contributed by atoms with Crippen molar-refractivity contribution in [2.75, 3.05) is 7.11 Å². The number of nitrogens with two attached hydrogens (primary N) is 1. The molecule has 0 amide bonds. The van der Waals surface area contributed by atoms with E-state index >= 15 is 0 Å². The van der Waals surface area contributed by atoms with E-state index in [1.807, 2.05) is 19.1 Å². The summed E-state index contributed by atoms with van der Waals surface area (Å²) >= 11 is 1.63. The SMILES string of the molecule is COc1ccc(C(N)c2nc(C(C)(C)C)cs2)cc1C. The van der Waals surface area contributed by atoms with Gasteiger partial charge in [0.1, 0.15) is 10.8 Å². The molecular formula is C16H22N2OS. The summed E-state index contributed by atoms with van der Waals surface area (Å²) in [6.07, 6.45) is 0. The summed E-state index contributed by atoms with van der Waals surface area (Å²) in [6, 6.07) is 5.86. The van der Waals surface area contributed by atoms with Crippen molar-refractivity contribution >= 4 is 11.3 Å². The van der Waals surface area contributed by atoms with Crippen molar-refractivity contribution in [2.45, 2.75) is 39.2 Å². The lowest BCUT2D eigenvalue weighted by atomic mass is 9.93. The maximum absolute atomic E-state index is 6.34. The van der Waals surface area contributed by atoms with E-state index < -0.39 is 0 Å². The van der Waals surface area contributed by atoms with Gasteiger partial charge in [0.15, 0.2) is 0 Å². The van der Waals surface area contributed by atoms with Gasteiger partial charge in [0.25, 0.3) is 0 Å². The zero-order valence-electron chi connectivity index (χ0n) is 12.7. The number of ether oxygens (including phenoxy) is 1. The minimum absolute atomic E-state index is 0.0598. The largest absolute Gasteiger partial charge is 0.496 e. The van der Waals surface area contributed by atoms with Crippen LogP contribution >= 0.6 is 11.3 Å². The lowest BCUT2D eigenvalue weighted by molar-refractivity contribution is 0.411. The molecule has 1 heterocycles. The van der Waals surface area contributed by atoms with Crippen molar-refractivity contribution in [3.63, 3.8) is 0 Å². The molecule has 0 aliphatic carbocycles. The molecule has 0 saturated carbocycles. The zero-order chi connectivity index (χ0) is 14.9. The van der Waals surface area contributed by atoms with Gasteiger partial charge in [0.2, 0.25) is 0 Å². The lowest BCUT2D eigenvalue weighted by Crippen LogP contribution is -2.15. The molecular weight excluding hydrogens is 268 g/mol. The summed E-state index contributed by atoms with van der Waals surface area (Å²) in [6.45, 7) is 8.51. The van der Waals surface area contributed by atoms with Crippen LogP contribution in [0.5, 0.6) is 5.75 Å². The summed E-state index contributed by atoms with van der Waals surface area (Å²) in [5, 5.41) is 3.06. The monoisotopic (exact) mass is 290 g/mol. The molecule has 4 heteroatoms. The highest BCUT2D eigenvalue weighted by Crippen LogP contribution is 2.30. The van der Waals surface area contributed by atoms with Gasteiger partial charge in [0, 0.05) is 10.8 Å². The first-order valence-corrected chi connectivity index (χ1v) is 7.57. The molecule has 0 aliphatic rings. The first kappa shape index (κ1) is 15.0. The fourth-order valence-electron chi connectivity index (χ4n) is 2.01. The average molecular weight is 290 g/mol. The van der Waals surface area contributed by atoms with Crippen molar-refractivity contribution in [3.8, 4) is 5.75 Å². The first-order valence-electron chi connectivity index (χ1n) is 6.69. The van der Waals surface area contributed by atoms with Crippen LogP contribution in [0.15, 0.2) is 23.6 Å². The Morgan fingerprint density at radius 1 is 1.30 bits per heavy atom. The van der Waals surface area contributed by atoms with Gasteiger partial charge >= 0.3 is 0 Å². The number of methoxy groups -OCH3 is 1. The molecule has 108 valence electrons. The van der Waals surface area contributed by atoms with Crippen molar-refractivity contribution in [2.24, 2.45) is 5.73 Å². The highest BCUT2D eigenvalue weighted by molar-refractivity contribution is 7.09. The second-order valence-corrected chi connectivity index (χ2v) is 6.92. The minimum atomic E-state index is -0.180. The van der Waals surface area contributed by atoms with E-state index in [4.69, 9.17) is 15.5 Å². The molecule has 1 aromatic heterocycles. The van der Waals surface area contributed by atoms with Gasteiger partial charge in [-0.15, -0.1) is 11.3 Å². The predicted octanol–water partition coefficient (Wildman–Crippen LogP) is 3.81. The number of hydrogen-bond donors (Lipinski definition) is 1. The summed E-state index contributed by atoms with van der Waals surface area (Å²) < 4.78 is 5.28. The molecule has 0 spiro atoms. The third-order valence-electron chi connectivity index (χ3n) is 3.33. The van der Waals surface area contributed by atoms with Gasteiger partial charge in [-0.2, -0.15) is 0 Å². The van der Waals surface area contributed by atoms with Crippen LogP contribution in [0.1, 0.15) is 48.6 Å². The quantitative estimate of drug-likeness (QED) is 0.935. The van der Waals surface area contributed by atoms with E-state index in [9.17, 15) is 0 Å². The van der Waals surface area contributed by atoms with Gasteiger partial charge in [-0.05, 0) is 24.1 Å². The van der Waals surface area contributed by atoms with E-state index in [-0.39, 0.29) is 11.5 Å². The van der Waals surface area contributed by atoms with E-state index in [1.165, 1.54) is 0 Å². The Labute approximate surface area is 124 Å². The van der Waals surface area contributed by atoms with Crippen LogP contribution in [-0.2, 0) is 5.41 Å². The van der Waals surface area contributed by atoms with Crippen LogP contribution in [0, 0.1) is 6.92 Å². The Bertz CT molecular complexity index is 599. The van der Waals surface area contributed by atoms with E-state index in [0.717, 1.165) is 27.6 Å². The molecule has 20 heavy (non-hydrogen) atoms. The summed E-state index contributed by atoms with van der Waals surface area (Å²) in [5.74, 6) is 0.885. The molecule has 2 rings (SSSR count). The van der Waals surface area contributed by atoms with Crippen molar-refractivity contribution in [3.05, 3.63) is 45.4 Å². The van der Waals surface area contributed by atoms with Crippen molar-refractivity contribution in [1.82, 2.24) is 4.98 Å². The van der Waals surface area contributed by atoms with Gasteiger partial charge in [-0.1, -0.05) is 32.9 Å². The molecule has 3 nitrogen and oxygen atoms in total. The van der Waals surface area contributed by atoms with E-state index in [0.29, 0.717) is 0 Å². The highest BCUT2D eigenvalue weighted by Gasteiger charge is 2.20. The van der Waals surface area contributed by atoms with Gasteiger partial charge in [-0.25, -0.2) is 4.98 Å². The Morgan fingerprint density at radius 3 is 2.50 bits per heavy atom. The molecule has 0 bridgehead atoms. The highest BCUT2D eigenvalue weighted by atomic mass is 32.1. The van der Waals surface area contributed by atoms with Gasteiger partial charge in [0.05, 0.1) is 18.8 Å². The van der Waals surface area contributed by atoms with Crippen LogP contribution in [0.2, 0.25) is 0 Å². The summed E-state index contributed by atoms with van der Waals surface area (Å²) in [4.78, 5) is 4.69. The number of nitrogens with zero attached hydrogens (tertiary/aromatic N) is 1. The van der Waals surface area contributed by atoms with Crippen LogP contribution < -0.4 is 10.5 Å². The molecule has 0 radical (unpaired) electrons. The maximum atomic E-state index is 6.34. The van der Waals surface area contributed by atoms with Crippen LogP contribution in [0.4, 0.5) is 0 Å². The molecule has 0 aliphatic heterocycles.